The molecule has 3 rings (SSSR count). The fourth-order valence-corrected chi connectivity index (χ4v) is 3.79. The first kappa shape index (κ1) is 12.6. The predicted molar refractivity (Wildman–Crippen MR) is 73.3 cm³/mol. The molecule has 0 heterocycles. The largest absolute Gasteiger partial charge is 0.324 e. The van der Waals surface area contributed by atoms with Gasteiger partial charge in [0.2, 0.25) is 5.91 Å². The van der Waals surface area contributed by atoms with E-state index in [1.54, 1.807) is 6.07 Å². The molecular formula is C16H20FNO. The molecule has 2 fully saturated rings. The van der Waals surface area contributed by atoms with Crippen LogP contribution in [0.4, 0.5) is 10.1 Å². The van der Waals surface area contributed by atoms with Gasteiger partial charge in [0, 0.05) is 6.42 Å². The zero-order chi connectivity index (χ0) is 13.4. The van der Waals surface area contributed by atoms with Crippen molar-refractivity contribution in [3.63, 3.8) is 0 Å². The molecule has 0 aromatic heterocycles. The number of anilines is 1. The van der Waals surface area contributed by atoms with Gasteiger partial charge in [-0.05, 0) is 61.6 Å². The summed E-state index contributed by atoms with van der Waals surface area (Å²) >= 11 is 0. The minimum absolute atomic E-state index is 0.0414. The minimum Gasteiger partial charge on any atom is -0.324 e. The third-order valence-corrected chi connectivity index (χ3v) is 4.73. The first-order chi connectivity index (χ1) is 9.11. The van der Waals surface area contributed by atoms with Gasteiger partial charge in [-0.2, -0.15) is 0 Å². The lowest BCUT2D eigenvalue weighted by Crippen LogP contribution is -2.20. The van der Waals surface area contributed by atoms with Crippen LogP contribution < -0.4 is 5.32 Å². The maximum Gasteiger partial charge on any atom is 0.224 e. The van der Waals surface area contributed by atoms with E-state index in [2.05, 4.69) is 5.32 Å². The number of carbonyl (C=O) groups excluding carboxylic acids is 1. The molecule has 2 nitrogen and oxygen atoms in total. The summed E-state index contributed by atoms with van der Waals surface area (Å²) in [6, 6.07) is 4.91. The molecular weight excluding hydrogens is 241 g/mol. The second-order valence-corrected chi connectivity index (χ2v) is 6.17. The number of rotatable bonds is 3. The summed E-state index contributed by atoms with van der Waals surface area (Å²) in [4.78, 5) is 12.0. The van der Waals surface area contributed by atoms with E-state index in [0.29, 0.717) is 18.0 Å². The van der Waals surface area contributed by atoms with Crippen LogP contribution in [0.15, 0.2) is 18.2 Å². The number of benzene rings is 1. The zero-order valence-corrected chi connectivity index (χ0v) is 11.3. The van der Waals surface area contributed by atoms with E-state index < -0.39 is 0 Å². The van der Waals surface area contributed by atoms with E-state index in [1.807, 2.05) is 13.0 Å². The van der Waals surface area contributed by atoms with Crippen molar-refractivity contribution in [1.29, 1.82) is 0 Å². The number of halogens is 1. The fourth-order valence-electron chi connectivity index (χ4n) is 3.79. The number of aryl methyl sites for hydroxylation is 1. The molecule has 3 heteroatoms. The van der Waals surface area contributed by atoms with Crippen molar-refractivity contribution in [2.24, 2.45) is 17.8 Å². The molecule has 1 aromatic carbocycles. The summed E-state index contributed by atoms with van der Waals surface area (Å²) in [6.45, 7) is 1.84. The molecule has 0 saturated heterocycles. The number of carbonyl (C=O) groups is 1. The molecule has 3 unspecified atom stereocenters. The SMILES string of the molecule is Cc1ccc(NC(=O)CC2CC3CCC2C3)c(F)c1. The lowest BCUT2D eigenvalue weighted by molar-refractivity contribution is -0.117. The maximum atomic E-state index is 13.7. The number of hydrogen-bond donors (Lipinski definition) is 1. The molecule has 102 valence electrons. The smallest absolute Gasteiger partial charge is 0.224 e. The highest BCUT2D eigenvalue weighted by Gasteiger charge is 2.40. The van der Waals surface area contributed by atoms with Gasteiger partial charge in [0.15, 0.2) is 0 Å². The van der Waals surface area contributed by atoms with Gasteiger partial charge in [-0.25, -0.2) is 4.39 Å². The maximum absolute atomic E-state index is 13.7. The van der Waals surface area contributed by atoms with Gasteiger partial charge in [0.25, 0.3) is 0 Å². The molecule has 1 amide bonds. The van der Waals surface area contributed by atoms with Crippen LogP contribution in [-0.2, 0) is 4.79 Å². The highest BCUT2D eigenvalue weighted by molar-refractivity contribution is 5.91. The third-order valence-electron chi connectivity index (χ3n) is 4.73. The molecule has 1 aromatic rings. The average Bonchev–Trinajstić information content (AvgIpc) is 2.95. The van der Waals surface area contributed by atoms with Gasteiger partial charge >= 0.3 is 0 Å². The van der Waals surface area contributed by atoms with Crippen LogP contribution in [0.2, 0.25) is 0 Å². The summed E-state index contributed by atoms with van der Waals surface area (Å²) in [5.41, 5.74) is 1.17. The molecule has 2 aliphatic carbocycles. The quantitative estimate of drug-likeness (QED) is 0.878. The summed E-state index contributed by atoms with van der Waals surface area (Å²) in [5.74, 6) is 1.71. The Balaban J connectivity index is 1.59. The van der Waals surface area contributed by atoms with Crippen LogP contribution in [0, 0.1) is 30.5 Å². The van der Waals surface area contributed by atoms with Gasteiger partial charge in [-0.3, -0.25) is 4.79 Å². The van der Waals surface area contributed by atoms with E-state index in [-0.39, 0.29) is 11.7 Å². The summed E-state index contributed by atoms with van der Waals surface area (Å²) < 4.78 is 13.7. The molecule has 0 aliphatic heterocycles. The Morgan fingerprint density at radius 1 is 1.37 bits per heavy atom. The molecule has 3 atom stereocenters. The molecule has 2 saturated carbocycles. The van der Waals surface area contributed by atoms with E-state index in [1.165, 1.54) is 31.7 Å². The number of nitrogens with one attached hydrogen (secondary N) is 1. The number of fused-ring (bicyclic) bond motifs is 2. The second-order valence-electron chi connectivity index (χ2n) is 6.17. The van der Waals surface area contributed by atoms with Crippen LogP contribution in [0.3, 0.4) is 0 Å². The lowest BCUT2D eigenvalue weighted by atomic mass is 9.86. The molecule has 2 bridgehead atoms. The van der Waals surface area contributed by atoms with Gasteiger partial charge in [-0.1, -0.05) is 12.5 Å². The third kappa shape index (κ3) is 2.65. The van der Waals surface area contributed by atoms with Crippen molar-refractivity contribution in [1.82, 2.24) is 0 Å². The molecule has 2 aliphatic rings. The van der Waals surface area contributed by atoms with Crippen LogP contribution >= 0.6 is 0 Å². The van der Waals surface area contributed by atoms with Crippen molar-refractivity contribution < 1.29 is 9.18 Å². The fraction of sp³-hybridized carbons (Fsp3) is 0.562. The molecule has 1 N–H and O–H groups in total. The monoisotopic (exact) mass is 261 g/mol. The first-order valence-corrected chi connectivity index (χ1v) is 7.18. The van der Waals surface area contributed by atoms with Gasteiger partial charge < -0.3 is 5.32 Å². The Morgan fingerprint density at radius 3 is 2.84 bits per heavy atom. The highest BCUT2D eigenvalue weighted by atomic mass is 19.1. The van der Waals surface area contributed by atoms with Crippen LogP contribution in [0.25, 0.3) is 0 Å². The normalized spacial score (nSPS) is 28.6. The average molecular weight is 261 g/mol. The van der Waals surface area contributed by atoms with Crippen LogP contribution in [0.1, 0.15) is 37.7 Å². The van der Waals surface area contributed by atoms with Gasteiger partial charge in [-0.15, -0.1) is 0 Å². The van der Waals surface area contributed by atoms with E-state index in [0.717, 1.165) is 17.4 Å². The second kappa shape index (κ2) is 4.95. The standard InChI is InChI=1S/C16H20FNO/c1-10-2-5-15(14(17)6-10)18-16(19)9-13-8-11-3-4-12(13)7-11/h2,5-6,11-13H,3-4,7-9H2,1H3,(H,18,19). The van der Waals surface area contributed by atoms with Crippen molar-refractivity contribution in [3.8, 4) is 0 Å². The van der Waals surface area contributed by atoms with Crippen LogP contribution in [-0.4, -0.2) is 5.91 Å². The van der Waals surface area contributed by atoms with Gasteiger partial charge in [0.1, 0.15) is 5.82 Å². The first-order valence-electron chi connectivity index (χ1n) is 7.18. The van der Waals surface area contributed by atoms with Crippen molar-refractivity contribution in [3.05, 3.63) is 29.6 Å². The highest BCUT2D eigenvalue weighted by Crippen LogP contribution is 2.49. The predicted octanol–water partition coefficient (Wildman–Crippen LogP) is 3.90. The summed E-state index contributed by atoms with van der Waals surface area (Å²) in [7, 11) is 0. The summed E-state index contributed by atoms with van der Waals surface area (Å²) in [5, 5.41) is 2.71. The number of hydrogen-bond acceptors (Lipinski definition) is 1. The zero-order valence-electron chi connectivity index (χ0n) is 11.3. The molecule has 0 radical (unpaired) electrons. The number of amides is 1. The Bertz CT molecular complexity index is 500. The Hall–Kier alpha value is -1.38. The Labute approximate surface area is 113 Å². The van der Waals surface area contributed by atoms with Crippen molar-refractivity contribution in [2.75, 3.05) is 5.32 Å². The van der Waals surface area contributed by atoms with E-state index in [4.69, 9.17) is 0 Å². The van der Waals surface area contributed by atoms with E-state index >= 15 is 0 Å². The summed E-state index contributed by atoms with van der Waals surface area (Å²) in [6.07, 6.45) is 5.66. The van der Waals surface area contributed by atoms with Crippen molar-refractivity contribution >= 4 is 11.6 Å². The molecule has 19 heavy (non-hydrogen) atoms. The van der Waals surface area contributed by atoms with Crippen molar-refractivity contribution in [2.45, 2.75) is 39.0 Å². The lowest BCUT2D eigenvalue weighted by Gasteiger charge is -2.21. The van der Waals surface area contributed by atoms with E-state index in [9.17, 15) is 9.18 Å². The molecule has 0 spiro atoms. The Morgan fingerprint density at radius 2 is 2.21 bits per heavy atom. The van der Waals surface area contributed by atoms with Gasteiger partial charge in [0.05, 0.1) is 5.69 Å². The Kier molecular flexibility index (Phi) is 3.29. The van der Waals surface area contributed by atoms with Crippen LogP contribution in [0.5, 0.6) is 0 Å². The minimum atomic E-state index is -0.346. The topological polar surface area (TPSA) is 29.1 Å².